The maximum Gasteiger partial charge on any atom is 0.119 e. The lowest BCUT2D eigenvalue weighted by Crippen LogP contribution is -2.42. The third kappa shape index (κ3) is 2.02. The number of hydrogen-bond donors (Lipinski definition) is 1. The summed E-state index contributed by atoms with van der Waals surface area (Å²) in [6.07, 6.45) is 4.19. The lowest BCUT2D eigenvalue weighted by Gasteiger charge is -2.37. The Labute approximate surface area is 108 Å². The van der Waals surface area contributed by atoms with Gasteiger partial charge < -0.3 is 9.84 Å². The standard InChI is InChI=1S/C15H21NO2/c1-18-14-4-2-3-12(11-14)15(7-8-15)16-9-5-13(17)6-10-16/h2-4,11,13,17H,5-10H2,1H3. The fourth-order valence-electron chi connectivity index (χ4n) is 3.11. The van der Waals surface area contributed by atoms with Gasteiger partial charge in [0.1, 0.15) is 5.75 Å². The molecule has 0 unspecified atom stereocenters. The highest BCUT2D eigenvalue weighted by Crippen LogP contribution is 2.52. The Balaban J connectivity index is 1.81. The molecule has 18 heavy (non-hydrogen) atoms. The zero-order chi connectivity index (χ0) is 12.6. The lowest BCUT2D eigenvalue weighted by atomic mass is 9.98. The van der Waals surface area contributed by atoms with Gasteiger partial charge in [0.2, 0.25) is 0 Å². The number of rotatable bonds is 3. The second-order valence-electron chi connectivity index (χ2n) is 5.48. The second-order valence-corrected chi connectivity index (χ2v) is 5.48. The molecule has 2 fully saturated rings. The molecule has 0 spiro atoms. The molecule has 1 aromatic rings. The van der Waals surface area contributed by atoms with Gasteiger partial charge in [0, 0.05) is 18.6 Å². The molecular weight excluding hydrogens is 226 g/mol. The van der Waals surface area contributed by atoms with Crippen LogP contribution in [0, 0.1) is 0 Å². The van der Waals surface area contributed by atoms with E-state index < -0.39 is 0 Å². The molecule has 1 aliphatic heterocycles. The first-order chi connectivity index (χ1) is 8.74. The SMILES string of the molecule is COc1cccc(C2(N3CCC(O)CC3)CC2)c1. The molecule has 2 aliphatic rings. The highest BCUT2D eigenvalue weighted by molar-refractivity contribution is 5.37. The van der Waals surface area contributed by atoms with E-state index in [0.717, 1.165) is 31.7 Å². The van der Waals surface area contributed by atoms with Crippen molar-refractivity contribution in [3.05, 3.63) is 29.8 Å². The average molecular weight is 247 g/mol. The molecule has 1 N–H and O–H groups in total. The molecule has 0 radical (unpaired) electrons. The van der Waals surface area contributed by atoms with E-state index >= 15 is 0 Å². The number of hydrogen-bond acceptors (Lipinski definition) is 3. The van der Waals surface area contributed by atoms with E-state index in [4.69, 9.17) is 4.74 Å². The Morgan fingerprint density at radius 2 is 2.00 bits per heavy atom. The molecule has 0 atom stereocenters. The van der Waals surface area contributed by atoms with Crippen LogP contribution in [0.25, 0.3) is 0 Å². The van der Waals surface area contributed by atoms with E-state index in [9.17, 15) is 5.11 Å². The van der Waals surface area contributed by atoms with Crippen LogP contribution in [-0.2, 0) is 5.54 Å². The highest BCUT2D eigenvalue weighted by atomic mass is 16.5. The molecule has 0 aromatic heterocycles. The maximum atomic E-state index is 9.62. The number of nitrogens with zero attached hydrogens (tertiary/aromatic N) is 1. The normalized spacial score (nSPS) is 23.9. The number of piperidine rings is 1. The molecule has 3 heteroatoms. The lowest BCUT2D eigenvalue weighted by molar-refractivity contribution is 0.0521. The van der Waals surface area contributed by atoms with Crippen LogP contribution in [0.4, 0.5) is 0 Å². The Hall–Kier alpha value is -1.06. The fourth-order valence-corrected chi connectivity index (χ4v) is 3.11. The smallest absolute Gasteiger partial charge is 0.119 e. The van der Waals surface area contributed by atoms with Crippen LogP contribution >= 0.6 is 0 Å². The van der Waals surface area contributed by atoms with Crippen LogP contribution in [0.2, 0.25) is 0 Å². The summed E-state index contributed by atoms with van der Waals surface area (Å²) in [6.45, 7) is 2.02. The van der Waals surface area contributed by atoms with Crippen LogP contribution in [0.3, 0.4) is 0 Å². The second kappa shape index (κ2) is 4.56. The number of ether oxygens (including phenoxy) is 1. The van der Waals surface area contributed by atoms with Gasteiger partial charge in [-0.15, -0.1) is 0 Å². The molecule has 1 aromatic carbocycles. The number of likely N-dealkylation sites (tertiary alicyclic amines) is 1. The molecule has 3 rings (SSSR count). The highest BCUT2D eigenvalue weighted by Gasteiger charge is 2.49. The van der Waals surface area contributed by atoms with Gasteiger partial charge >= 0.3 is 0 Å². The number of aliphatic hydroxyl groups is 1. The Kier molecular flexibility index (Phi) is 3.04. The Morgan fingerprint density at radius 1 is 1.28 bits per heavy atom. The van der Waals surface area contributed by atoms with Crippen LogP contribution in [0.15, 0.2) is 24.3 Å². The maximum absolute atomic E-state index is 9.62. The molecule has 1 saturated heterocycles. The van der Waals surface area contributed by atoms with Crippen LogP contribution in [0.5, 0.6) is 5.75 Å². The van der Waals surface area contributed by atoms with Crippen molar-refractivity contribution in [1.29, 1.82) is 0 Å². The van der Waals surface area contributed by atoms with Gasteiger partial charge in [-0.2, -0.15) is 0 Å². The summed E-state index contributed by atoms with van der Waals surface area (Å²) >= 11 is 0. The zero-order valence-corrected chi connectivity index (χ0v) is 10.9. The van der Waals surface area contributed by atoms with E-state index in [1.54, 1.807) is 7.11 Å². The average Bonchev–Trinajstić information content (AvgIpc) is 3.21. The van der Waals surface area contributed by atoms with Gasteiger partial charge in [-0.1, -0.05) is 12.1 Å². The van der Waals surface area contributed by atoms with Crippen molar-refractivity contribution in [2.45, 2.75) is 37.3 Å². The number of methoxy groups -OCH3 is 1. The summed E-state index contributed by atoms with van der Waals surface area (Å²) in [6, 6.07) is 8.45. The Morgan fingerprint density at radius 3 is 2.61 bits per heavy atom. The minimum Gasteiger partial charge on any atom is -0.497 e. The van der Waals surface area contributed by atoms with Crippen molar-refractivity contribution >= 4 is 0 Å². The molecule has 0 amide bonds. The molecule has 1 saturated carbocycles. The molecule has 1 heterocycles. The number of benzene rings is 1. The molecule has 1 aliphatic carbocycles. The minimum atomic E-state index is -0.0950. The third-order valence-electron chi connectivity index (χ3n) is 4.40. The predicted molar refractivity (Wildman–Crippen MR) is 70.7 cm³/mol. The van der Waals surface area contributed by atoms with Crippen LogP contribution in [-0.4, -0.2) is 36.3 Å². The number of aliphatic hydroxyl groups excluding tert-OH is 1. The molecular formula is C15H21NO2. The van der Waals surface area contributed by atoms with E-state index in [0.29, 0.717) is 0 Å². The van der Waals surface area contributed by atoms with Crippen molar-refractivity contribution in [2.24, 2.45) is 0 Å². The van der Waals surface area contributed by atoms with Gasteiger partial charge in [-0.25, -0.2) is 0 Å². The summed E-state index contributed by atoms with van der Waals surface area (Å²) in [5, 5.41) is 9.62. The minimum absolute atomic E-state index is 0.0950. The van der Waals surface area contributed by atoms with E-state index in [1.165, 1.54) is 18.4 Å². The van der Waals surface area contributed by atoms with Gasteiger partial charge in [0.15, 0.2) is 0 Å². The first-order valence-electron chi connectivity index (χ1n) is 6.82. The van der Waals surface area contributed by atoms with Gasteiger partial charge in [-0.05, 0) is 43.4 Å². The van der Waals surface area contributed by atoms with E-state index in [2.05, 4.69) is 23.1 Å². The third-order valence-corrected chi connectivity index (χ3v) is 4.40. The van der Waals surface area contributed by atoms with Crippen molar-refractivity contribution in [3.63, 3.8) is 0 Å². The van der Waals surface area contributed by atoms with Crippen molar-refractivity contribution in [2.75, 3.05) is 20.2 Å². The van der Waals surface area contributed by atoms with Crippen LogP contribution < -0.4 is 4.74 Å². The summed E-state index contributed by atoms with van der Waals surface area (Å²) in [5.74, 6) is 0.941. The molecule has 98 valence electrons. The van der Waals surface area contributed by atoms with Crippen molar-refractivity contribution < 1.29 is 9.84 Å². The topological polar surface area (TPSA) is 32.7 Å². The Bertz CT molecular complexity index is 420. The summed E-state index contributed by atoms with van der Waals surface area (Å²) in [7, 11) is 1.72. The quantitative estimate of drug-likeness (QED) is 0.888. The molecule has 3 nitrogen and oxygen atoms in total. The van der Waals surface area contributed by atoms with Crippen molar-refractivity contribution in [1.82, 2.24) is 4.90 Å². The summed E-state index contributed by atoms with van der Waals surface area (Å²) < 4.78 is 5.32. The first kappa shape index (κ1) is 12.0. The first-order valence-corrected chi connectivity index (χ1v) is 6.82. The molecule has 0 bridgehead atoms. The summed E-state index contributed by atoms with van der Waals surface area (Å²) in [5.41, 5.74) is 1.60. The largest absolute Gasteiger partial charge is 0.497 e. The summed E-state index contributed by atoms with van der Waals surface area (Å²) in [4.78, 5) is 2.55. The van der Waals surface area contributed by atoms with Crippen molar-refractivity contribution in [3.8, 4) is 5.75 Å². The van der Waals surface area contributed by atoms with E-state index in [1.807, 2.05) is 6.07 Å². The monoisotopic (exact) mass is 247 g/mol. The fraction of sp³-hybridized carbons (Fsp3) is 0.600. The van der Waals surface area contributed by atoms with Gasteiger partial charge in [0.05, 0.1) is 13.2 Å². The van der Waals surface area contributed by atoms with Gasteiger partial charge in [-0.3, -0.25) is 4.90 Å². The van der Waals surface area contributed by atoms with E-state index in [-0.39, 0.29) is 11.6 Å². The van der Waals surface area contributed by atoms with Gasteiger partial charge in [0.25, 0.3) is 0 Å². The predicted octanol–water partition coefficient (Wildman–Crippen LogP) is 2.14. The van der Waals surface area contributed by atoms with Crippen LogP contribution in [0.1, 0.15) is 31.2 Å². The zero-order valence-electron chi connectivity index (χ0n) is 10.9.